The molecule has 0 amide bonds. The molecule has 1 aliphatic rings. The second-order valence-corrected chi connectivity index (χ2v) is 6.09. The van der Waals surface area contributed by atoms with Gasteiger partial charge >= 0.3 is 0 Å². The van der Waals surface area contributed by atoms with E-state index in [4.69, 9.17) is 5.73 Å². The van der Waals surface area contributed by atoms with E-state index < -0.39 is 0 Å². The van der Waals surface area contributed by atoms with Gasteiger partial charge in [0.15, 0.2) is 0 Å². The summed E-state index contributed by atoms with van der Waals surface area (Å²) in [5.74, 6) is 0.136. The van der Waals surface area contributed by atoms with Gasteiger partial charge in [-0.2, -0.15) is 4.98 Å². The maximum Gasteiger partial charge on any atom is 0.262 e. The lowest BCUT2D eigenvalue weighted by molar-refractivity contribution is 0.250. The quantitative estimate of drug-likeness (QED) is 0.672. The van der Waals surface area contributed by atoms with Gasteiger partial charge in [-0.15, -0.1) is 0 Å². The number of hydrogen-bond acceptors (Lipinski definition) is 5. The number of fused-ring (bicyclic) bond motifs is 1. The molecule has 0 aliphatic carbocycles. The van der Waals surface area contributed by atoms with Gasteiger partial charge in [-0.3, -0.25) is 14.7 Å². The molecule has 3 aromatic rings. The Labute approximate surface area is 139 Å². The van der Waals surface area contributed by atoms with E-state index in [2.05, 4.69) is 49.0 Å². The highest BCUT2D eigenvalue weighted by molar-refractivity contribution is 5.79. The van der Waals surface area contributed by atoms with E-state index in [9.17, 15) is 4.79 Å². The smallest absolute Gasteiger partial charge is 0.262 e. The van der Waals surface area contributed by atoms with Crippen molar-refractivity contribution in [2.24, 2.45) is 0 Å². The zero-order valence-corrected chi connectivity index (χ0v) is 13.3. The first-order valence-corrected chi connectivity index (χ1v) is 8.09. The van der Waals surface area contributed by atoms with Gasteiger partial charge in [0.1, 0.15) is 5.65 Å². The van der Waals surface area contributed by atoms with Crippen molar-refractivity contribution in [1.29, 1.82) is 0 Å². The van der Waals surface area contributed by atoms with Crippen LogP contribution in [0.3, 0.4) is 0 Å². The average Bonchev–Trinajstić information content (AvgIpc) is 2.99. The third-order valence-electron chi connectivity index (χ3n) is 4.53. The largest absolute Gasteiger partial charge is 0.369 e. The number of nitrogens with two attached hydrogens (primary N) is 1. The number of aromatic amines is 2. The third-order valence-corrected chi connectivity index (χ3v) is 4.53. The number of rotatable bonds is 3. The van der Waals surface area contributed by atoms with Crippen LogP contribution in [-0.2, 0) is 6.54 Å². The van der Waals surface area contributed by atoms with Gasteiger partial charge < -0.3 is 15.6 Å². The van der Waals surface area contributed by atoms with Gasteiger partial charge in [0.05, 0.1) is 5.39 Å². The second-order valence-electron chi connectivity index (χ2n) is 6.09. The molecule has 0 spiro atoms. The van der Waals surface area contributed by atoms with E-state index in [1.807, 2.05) is 12.3 Å². The fraction of sp³-hybridized carbons (Fsp3) is 0.294. The fourth-order valence-electron chi connectivity index (χ4n) is 3.29. The Balaban J connectivity index is 1.47. The number of piperazine rings is 1. The number of benzene rings is 1. The number of para-hydroxylation sites is 1. The van der Waals surface area contributed by atoms with Crippen molar-refractivity contribution in [2.45, 2.75) is 6.54 Å². The minimum Gasteiger partial charge on any atom is -0.369 e. The Morgan fingerprint density at radius 1 is 1.12 bits per heavy atom. The molecule has 1 saturated heterocycles. The topological polar surface area (TPSA) is 94.0 Å². The van der Waals surface area contributed by atoms with Crippen LogP contribution in [0.4, 0.5) is 11.6 Å². The van der Waals surface area contributed by atoms with Crippen molar-refractivity contribution < 1.29 is 0 Å². The molecule has 0 unspecified atom stereocenters. The minimum absolute atomic E-state index is 0.136. The summed E-state index contributed by atoms with van der Waals surface area (Å²) in [6, 6.07) is 10.5. The van der Waals surface area contributed by atoms with Crippen molar-refractivity contribution in [3.63, 3.8) is 0 Å². The number of aromatic nitrogens is 3. The summed E-state index contributed by atoms with van der Waals surface area (Å²) < 4.78 is 0. The molecular formula is C17H20N6O. The molecule has 1 fully saturated rings. The molecular weight excluding hydrogens is 304 g/mol. The first-order valence-electron chi connectivity index (χ1n) is 8.09. The van der Waals surface area contributed by atoms with E-state index in [0.29, 0.717) is 11.0 Å². The lowest BCUT2D eigenvalue weighted by Gasteiger charge is -2.36. The van der Waals surface area contributed by atoms with E-state index in [0.717, 1.165) is 38.3 Å². The molecule has 0 saturated carbocycles. The molecule has 0 bridgehead atoms. The molecule has 0 atom stereocenters. The van der Waals surface area contributed by atoms with Crippen molar-refractivity contribution in [3.8, 4) is 0 Å². The molecule has 3 heterocycles. The summed E-state index contributed by atoms with van der Waals surface area (Å²) in [5.41, 5.74) is 8.18. The molecule has 1 aliphatic heterocycles. The molecule has 7 heteroatoms. The number of nitrogens with one attached hydrogen (secondary N) is 2. The highest BCUT2D eigenvalue weighted by Crippen LogP contribution is 2.19. The molecule has 2 aromatic heterocycles. The second kappa shape index (κ2) is 6.01. The van der Waals surface area contributed by atoms with E-state index in [1.54, 1.807) is 0 Å². The molecule has 1 aromatic carbocycles. The van der Waals surface area contributed by atoms with Crippen molar-refractivity contribution >= 4 is 22.7 Å². The number of anilines is 2. The van der Waals surface area contributed by atoms with Crippen LogP contribution in [0.2, 0.25) is 0 Å². The Morgan fingerprint density at radius 2 is 1.88 bits per heavy atom. The summed E-state index contributed by atoms with van der Waals surface area (Å²) in [7, 11) is 0. The van der Waals surface area contributed by atoms with Crippen molar-refractivity contribution in [2.75, 3.05) is 36.8 Å². The molecule has 4 N–H and O–H groups in total. The van der Waals surface area contributed by atoms with Gasteiger partial charge in [-0.25, -0.2) is 0 Å². The molecule has 7 nitrogen and oxygen atoms in total. The zero-order valence-electron chi connectivity index (χ0n) is 13.3. The van der Waals surface area contributed by atoms with Crippen molar-refractivity contribution in [3.05, 3.63) is 52.4 Å². The average molecular weight is 324 g/mol. The van der Waals surface area contributed by atoms with Crippen LogP contribution in [0.5, 0.6) is 0 Å². The van der Waals surface area contributed by atoms with Crippen LogP contribution in [-0.4, -0.2) is 46.0 Å². The Morgan fingerprint density at radius 3 is 2.62 bits per heavy atom. The lowest BCUT2D eigenvalue weighted by Crippen LogP contribution is -2.46. The normalized spacial score (nSPS) is 15.9. The van der Waals surface area contributed by atoms with Crippen LogP contribution < -0.4 is 16.2 Å². The van der Waals surface area contributed by atoms with E-state index >= 15 is 0 Å². The molecule has 24 heavy (non-hydrogen) atoms. The van der Waals surface area contributed by atoms with Gasteiger partial charge in [0.2, 0.25) is 5.95 Å². The minimum atomic E-state index is -0.184. The van der Waals surface area contributed by atoms with Crippen LogP contribution in [0, 0.1) is 0 Å². The molecule has 4 rings (SSSR count). The lowest BCUT2D eigenvalue weighted by atomic mass is 10.2. The van der Waals surface area contributed by atoms with Gasteiger partial charge in [-0.1, -0.05) is 18.2 Å². The third kappa shape index (κ3) is 2.74. The first-order chi connectivity index (χ1) is 11.7. The van der Waals surface area contributed by atoms with Crippen molar-refractivity contribution in [1.82, 2.24) is 19.9 Å². The summed E-state index contributed by atoms with van der Waals surface area (Å²) in [4.78, 5) is 26.6. The van der Waals surface area contributed by atoms with Crippen LogP contribution >= 0.6 is 0 Å². The summed E-state index contributed by atoms with van der Waals surface area (Å²) in [6.45, 7) is 4.61. The Hall–Kier alpha value is -2.80. The van der Waals surface area contributed by atoms with Crippen LogP contribution in [0.1, 0.15) is 5.56 Å². The van der Waals surface area contributed by atoms with Crippen LogP contribution in [0.25, 0.3) is 11.0 Å². The fourth-order valence-corrected chi connectivity index (χ4v) is 3.29. The Kier molecular flexibility index (Phi) is 3.70. The number of H-pyrrole nitrogens is 2. The monoisotopic (exact) mass is 324 g/mol. The van der Waals surface area contributed by atoms with Gasteiger partial charge in [0.25, 0.3) is 5.56 Å². The zero-order chi connectivity index (χ0) is 16.5. The SMILES string of the molecule is Nc1nc2[nH]cc(CN3CCN(c4ccccc4)CC3)c2c(=O)[nH]1. The standard InChI is InChI=1S/C17H20N6O/c18-17-20-15-14(16(24)21-17)12(10-19-15)11-22-6-8-23(9-7-22)13-4-2-1-3-5-13/h1-5,10H,6-9,11H2,(H4,18,19,20,21,24). The van der Waals surface area contributed by atoms with E-state index in [1.165, 1.54) is 5.69 Å². The summed E-state index contributed by atoms with van der Waals surface area (Å²) in [6.07, 6.45) is 1.86. The molecule has 124 valence electrons. The molecule has 0 radical (unpaired) electrons. The maximum atomic E-state index is 12.1. The number of nitrogens with zero attached hydrogens (tertiary/aromatic N) is 3. The predicted molar refractivity (Wildman–Crippen MR) is 95.1 cm³/mol. The maximum absolute atomic E-state index is 12.1. The number of nitrogen functional groups attached to an aromatic ring is 1. The van der Waals surface area contributed by atoms with Gasteiger partial charge in [0, 0.05) is 44.6 Å². The first kappa shape index (κ1) is 14.8. The van der Waals surface area contributed by atoms with E-state index in [-0.39, 0.29) is 11.5 Å². The number of hydrogen-bond donors (Lipinski definition) is 3. The summed E-state index contributed by atoms with van der Waals surface area (Å²) >= 11 is 0. The highest BCUT2D eigenvalue weighted by atomic mass is 16.1. The Bertz CT molecular complexity index is 892. The highest BCUT2D eigenvalue weighted by Gasteiger charge is 2.19. The summed E-state index contributed by atoms with van der Waals surface area (Å²) in [5, 5.41) is 0.606. The van der Waals surface area contributed by atoms with Crippen LogP contribution in [0.15, 0.2) is 41.3 Å². The van der Waals surface area contributed by atoms with Gasteiger partial charge in [-0.05, 0) is 17.7 Å². The predicted octanol–water partition coefficient (Wildman–Crippen LogP) is 1.16.